The van der Waals surface area contributed by atoms with Crippen LogP contribution in [0.1, 0.15) is 62.2 Å². The molecule has 0 aliphatic carbocycles. The van der Waals surface area contributed by atoms with Crippen LogP contribution >= 0.6 is 0 Å². The lowest BCUT2D eigenvalue weighted by Gasteiger charge is -2.04. The molecular formula is C15H21N3O4. The van der Waals surface area contributed by atoms with Crippen molar-refractivity contribution >= 4 is 17.5 Å². The van der Waals surface area contributed by atoms with Crippen LogP contribution in [0.3, 0.4) is 0 Å². The van der Waals surface area contributed by atoms with E-state index in [0.717, 1.165) is 25.5 Å². The van der Waals surface area contributed by atoms with E-state index in [4.69, 9.17) is 0 Å². The van der Waals surface area contributed by atoms with E-state index in [1.165, 1.54) is 25.1 Å². The lowest BCUT2D eigenvalue weighted by molar-refractivity contribution is -0.385. The van der Waals surface area contributed by atoms with Crippen molar-refractivity contribution in [1.29, 1.82) is 0 Å². The summed E-state index contributed by atoms with van der Waals surface area (Å²) in [5.41, 5.74) is -0.566. The summed E-state index contributed by atoms with van der Waals surface area (Å²) in [4.78, 5) is 37.3. The molecule has 0 saturated carbocycles. The van der Waals surface area contributed by atoms with E-state index in [0.29, 0.717) is 6.42 Å². The minimum Gasteiger partial charge on any atom is -0.292 e. The third kappa shape index (κ3) is 5.99. The number of carbonyl (C=O) groups excluding carboxylic acids is 2. The molecule has 0 saturated heterocycles. The van der Waals surface area contributed by atoms with E-state index in [2.05, 4.69) is 17.2 Å². The Bertz CT molecular complexity index is 531. The van der Waals surface area contributed by atoms with Gasteiger partial charge in [-0.3, -0.25) is 30.0 Å². The number of nitrogens with one attached hydrogen (secondary N) is 1. The second-order valence-corrected chi connectivity index (χ2v) is 5.05. The highest BCUT2D eigenvalue weighted by Crippen LogP contribution is 2.15. The van der Waals surface area contributed by atoms with Crippen LogP contribution in [0.4, 0.5) is 5.69 Å². The zero-order valence-electron chi connectivity index (χ0n) is 12.7. The van der Waals surface area contributed by atoms with Crippen molar-refractivity contribution in [2.75, 3.05) is 0 Å². The maximum Gasteiger partial charge on any atom is 0.300 e. The third-order valence-electron chi connectivity index (χ3n) is 3.25. The molecule has 1 heterocycles. The number of amides is 2. The molecule has 0 spiro atoms. The van der Waals surface area contributed by atoms with Crippen molar-refractivity contribution in [3.8, 4) is 0 Å². The molecule has 1 aromatic rings. The fraction of sp³-hybridized carbons (Fsp3) is 0.533. The molecule has 22 heavy (non-hydrogen) atoms. The summed E-state index contributed by atoms with van der Waals surface area (Å²) in [6, 6.07) is 1.23. The number of nitrogens with zero attached hydrogens (tertiary/aromatic N) is 2. The van der Waals surface area contributed by atoms with Crippen LogP contribution in [-0.4, -0.2) is 21.7 Å². The van der Waals surface area contributed by atoms with E-state index < -0.39 is 22.4 Å². The number of nitro groups is 1. The van der Waals surface area contributed by atoms with E-state index in [1.54, 1.807) is 0 Å². The first-order valence-corrected chi connectivity index (χ1v) is 7.48. The number of hydrogen-bond donors (Lipinski definition) is 1. The quantitative estimate of drug-likeness (QED) is 0.429. The van der Waals surface area contributed by atoms with Crippen LogP contribution in [0.15, 0.2) is 18.5 Å². The Morgan fingerprint density at radius 2 is 1.91 bits per heavy atom. The molecule has 0 unspecified atom stereocenters. The minimum absolute atomic E-state index is 0.156. The van der Waals surface area contributed by atoms with Crippen LogP contribution in [0.5, 0.6) is 0 Å². The van der Waals surface area contributed by atoms with Gasteiger partial charge in [0.1, 0.15) is 11.8 Å². The number of aromatic nitrogens is 1. The van der Waals surface area contributed by atoms with Crippen molar-refractivity contribution in [2.45, 2.75) is 51.9 Å². The highest BCUT2D eigenvalue weighted by atomic mass is 16.6. The van der Waals surface area contributed by atoms with Gasteiger partial charge < -0.3 is 0 Å². The molecule has 0 fully saturated rings. The molecule has 0 aromatic carbocycles. The van der Waals surface area contributed by atoms with Gasteiger partial charge in [-0.15, -0.1) is 0 Å². The lowest BCUT2D eigenvalue weighted by atomic mass is 10.1. The van der Waals surface area contributed by atoms with Crippen LogP contribution in [-0.2, 0) is 4.79 Å². The maximum absolute atomic E-state index is 11.9. The predicted octanol–water partition coefficient (Wildman–Crippen LogP) is 3.00. The number of pyridine rings is 1. The molecule has 120 valence electrons. The minimum atomic E-state index is -0.759. The van der Waals surface area contributed by atoms with Crippen molar-refractivity contribution < 1.29 is 14.5 Å². The second kappa shape index (κ2) is 9.59. The predicted molar refractivity (Wildman–Crippen MR) is 81.4 cm³/mol. The highest BCUT2D eigenvalue weighted by molar-refractivity contribution is 6.06. The molecule has 7 heteroatoms. The average molecular weight is 307 g/mol. The topological polar surface area (TPSA) is 102 Å². The summed E-state index contributed by atoms with van der Waals surface area (Å²) in [7, 11) is 0. The van der Waals surface area contributed by atoms with Gasteiger partial charge in [0, 0.05) is 12.6 Å². The van der Waals surface area contributed by atoms with E-state index in [1.807, 2.05) is 0 Å². The Morgan fingerprint density at radius 3 is 2.59 bits per heavy atom. The Kier molecular flexibility index (Phi) is 7.74. The molecule has 1 rings (SSSR count). The van der Waals surface area contributed by atoms with Gasteiger partial charge in [0.05, 0.1) is 4.92 Å². The Labute approximate surface area is 129 Å². The molecular weight excluding hydrogens is 286 g/mol. The molecule has 0 aliphatic heterocycles. The summed E-state index contributed by atoms with van der Waals surface area (Å²) < 4.78 is 0. The summed E-state index contributed by atoms with van der Waals surface area (Å²) in [5.74, 6) is -1.17. The fourth-order valence-electron chi connectivity index (χ4n) is 2.05. The van der Waals surface area contributed by atoms with Crippen molar-refractivity contribution in [3.63, 3.8) is 0 Å². The molecule has 7 nitrogen and oxygen atoms in total. The molecule has 1 N–H and O–H groups in total. The first-order valence-electron chi connectivity index (χ1n) is 7.48. The zero-order valence-corrected chi connectivity index (χ0v) is 12.7. The third-order valence-corrected chi connectivity index (χ3v) is 3.25. The summed E-state index contributed by atoms with van der Waals surface area (Å²) in [5, 5.41) is 13.0. The van der Waals surface area contributed by atoms with Crippen LogP contribution in [0, 0.1) is 10.1 Å². The van der Waals surface area contributed by atoms with Gasteiger partial charge in [0.25, 0.3) is 11.6 Å². The first-order chi connectivity index (χ1) is 10.6. The van der Waals surface area contributed by atoms with Crippen molar-refractivity contribution in [1.82, 2.24) is 10.3 Å². The van der Waals surface area contributed by atoms with E-state index in [9.17, 15) is 19.7 Å². The largest absolute Gasteiger partial charge is 0.300 e. The fourth-order valence-corrected chi connectivity index (χ4v) is 2.05. The van der Waals surface area contributed by atoms with Gasteiger partial charge in [-0.25, -0.2) is 0 Å². The van der Waals surface area contributed by atoms with Gasteiger partial charge in [0.2, 0.25) is 5.91 Å². The Hall–Kier alpha value is -2.31. The van der Waals surface area contributed by atoms with Crippen LogP contribution < -0.4 is 5.32 Å². The summed E-state index contributed by atoms with van der Waals surface area (Å²) in [6.07, 6.45) is 8.75. The van der Waals surface area contributed by atoms with Gasteiger partial charge in [-0.2, -0.15) is 0 Å². The zero-order chi connectivity index (χ0) is 16.4. The standard InChI is InChI=1S/C15H21N3O4/c1-2-3-4-5-6-7-8-14(19)17-15(20)12-9-10-16-11-13(12)18(21)22/h9-11H,2-8H2,1H3,(H,17,19,20). The maximum atomic E-state index is 11.9. The lowest BCUT2D eigenvalue weighted by Crippen LogP contribution is -2.30. The number of imide groups is 1. The van der Waals surface area contributed by atoms with Crippen LogP contribution in [0.2, 0.25) is 0 Å². The molecule has 0 bridgehead atoms. The monoisotopic (exact) mass is 307 g/mol. The van der Waals surface area contributed by atoms with Gasteiger partial charge >= 0.3 is 0 Å². The highest BCUT2D eigenvalue weighted by Gasteiger charge is 2.21. The Balaban J connectivity index is 2.42. The van der Waals surface area contributed by atoms with E-state index >= 15 is 0 Å². The number of rotatable bonds is 9. The summed E-state index contributed by atoms with van der Waals surface area (Å²) >= 11 is 0. The second-order valence-electron chi connectivity index (χ2n) is 5.05. The molecule has 1 aromatic heterocycles. The Morgan fingerprint density at radius 1 is 1.23 bits per heavy atom. The smallest absolute Gasteiger partial charge is 0.292 e. The normalized spacial score (nSPS) is 10.2. The first kappa shape index (κ1) is 17.7. The van der Waals surface area contributed by atoms with Crippen molar-refractivity contribution in [2.24, 2.45) is 0 Å². The van der Waals surface area contributed by atoms with Gasteiger partial charge in [-0.05, 0) is 12.5 Å². The number of hydrogen-bond acceptors (Lipinski definition) is 5. The molecule has 2 amide bonds. The molecule has 0 atom stereocenters. The molecule has 0 radical (unpaired) electrons. The van der Waals surface area contributed by atoms with Gasteiger partial charge in [-0.1, -0.05) is 39.0 Å². The van der Waals surface area contributed by atoms with Crippen LogP contribution in [0.25, 0.3) is 0 Å². The number of unbranched alkanes of at least 4 members (excludes halogenated alkanes) is 5. The van der Waals surface area contributed by atoms with E-state index in [-0.39, 0.29) is 12.0 Å². The number of carbonyl (C=O) groups is 2. The van der Waals surface area contributed by atoms with Crippen molar-refractivity contribution in [3.05, 3.63) is 34.1 Å². The van der Waals surface area contributed by atoms with Gasteiger partial charge in [0.15, 0.2) is 0 Å². The molecule has 0 aliphatic rings. The SMILES string of the molecule is CCCCCCCCC(=O)NC(=O)c1ccncc1[N+](=O)[O-]. The average Bonchev–Trinajstić information content (AvgIpc) is 2.50. The summed E-state index contributed by atoms with van der Waals surface area (Å²) in [6.45, 7) is 2.14.